The lowest BCUT2D eigenvalue weighted by Gasteiger charge is -2.11. The summed E-state index contributed by atoms with van der Waals surface area (Å²) in [7, 11) is 1.92. The second kappa shape index (κ2) is 5.44. The standard InChI is InChI=1S/C16H19N3S/c1-10-4-8-13(9-5-10)20-16-11(2)14(17-3)18-15(19-16)12-6-7-12/h4-5,8-9,12H,6-7H2,1-3H3,(H,17,18,19). The van der Waals surface area contributed by atoms with Crippen LogP contribution in [0.5, 0.6) is 0 Å². The van der Waals surface area contributed by atoms with Crippen LogP contribution in [-0.2, 0) is 0 Å². The molecule has 1 saturated carbocycles. The summed E-state index contributed by atoms with van der Waals surface area (Å²) in [6.45, 7) is 4.19. The second-order valence-corrected chi connectivity index (χ2v) is 6.36. The molecule has 1 aliphatic rings. The van der Waals surface area contributed by atoms with Crippen LogP contribution >= 0.6 is 11.8 Å². The van der Waals surface area contributed by atoms with Crippen LogP contribution in [0, 0.1) is 13.8 Å². The van der Waals surface area contributed by atoms with E-state index in [4.69, 9.17) is 4.98 Å². The minimum absolute atomic E-state index is 0.570. The van der Waals surface area contributed by atoms with Gasteiger partial charge < -0.3 is 5.32 Å². The number of nitrogens with one attached hydrogen (secondary N) is 1. The Hall–Kier alpha value is -1.55. The first-order valence-electron chi connectivity index (χ1n) is 6.98. The molecule has 1 aromatic carbocycles. The molecule has 3 nitrogen and oxygen atoms in total. The van der Waals surface area contributed by atoms with Gasteiger partial charge in [0, 0.05) is 23.4 Å². The van der Waals surface area contributed by atoms with Crippen LogP contribution in [0.25, 0.3) is 0 Å². The van der Waals surface area contributed by atoms with Gasteiger partial charge in [-0.3, -0.25) is 0 Å². The van der Waals surface area contributed by atoms with E-state index in [2.05, 4.69) is 48.4 Å². The van der Waals surface area contributed by atoms with Crippen molar-refractivity contribution in [3.05, 3.63) is 41.2 Å². The van der Waals surface area contributed by atoms with Gasteiger partial charge in [-0.1, -0.05) is 29.5 Å². The first-order valence-corrected chi connectivity index (χ1v) is 7.80. The van der Waals surface area contributed by atoms with Crippen molar-refractivity contribution >= 4 is 17.6 Å². The van der Waals surface area contributed by atoms with Crippen LogP contribution < -0.4 is 5.32 Å². The van der Waals surface area contributed by atoms with Crippen molar-refractivity contribution in [2.75, 3.05) is 12.4 Å². The number of aromatic nitrogens is 2. The van der Waals surface area contributed by atoms with Gasteiger partial charge in [0.25, 0.3) is 0 Å². The quantitative estimate of drug-likeness (QED) is 0.856. The van der Waals surface area contributed by atoms with Gasteiger partial charge in [-0.05, 0) is 38.8 Å². The minimum Gasteiger partial charge on any atom is -0.373 e. The van der Waals surface area contributed by atoms with Gasteiger partial charge in [-0.2, -0.15) is 0 Å². The van der Waals surface area contributed by atoms with E-state index < -0.39 is 0 Å². The van der Waals surface area contributed by atoms with Crippen LogP contribution in [-0.4, -0.2) is 17.0 Å². The summed E-state index contributed by atoms with van der Waals surface area (Å²) in [6, 6.07) is 8.58. The Bertz CT molecular complexity index is 618. The number of hydrogen-bond donors (Lipinski definition) is 1. The van der Waals surface area contributed by atoms with E-state index in [9.17, 15) is 0 Å². The number of aryl methyl sites for hydroxylation is 1. The Kier molecular flexibility index (Phi) is 3.66. The maximum Gasteiger partial charge on any atom is 0.135 e. The summed E-state index contributed by atoms with van der Waals surface area (Å²) in [5.41, 5.74) is 2.41. The Morgan fingerprint density at radius 3 is 2.40 bits per heavy atom. The number of nitrogens with zero attached hydrogens (tertiary/aromatic N) is 2. The smallest absolute Gasteiger partial charge is 0.135 e. The highest BCUT2D eigenvalue weighted by molar-refractivity contribution is 7.99. The summed E-state index contributed by atoms with van der Waals surface area (Å²) < 4.78 is 0. The van der Waals surface area contributed by atoms with E-state index in [1.165, 1.54) is 23.3 Å². The fourth-order valence-corrected chi connectivity index (χ4v) is 2.98. The van der Waals surface area contributed by atoms with Crippen molar-refractivity contribution in [2.45, 2.75) is 42.5 Å². The van der Waals surface area contributed by atoms with Crippen molar-refractivity contribution in [3.63, 3.8) is 0 Å². The van der Waals surface area contributed by atoms with Crippen LogP contribution in [0.15, 0.2) is 34.2 Å². The Morgan fingerprint density at radius 2 is 1.80 bits per heavy atom. The molecule has 0 bridgehead atoms. The summed E-state index contributed by atoms with van der Waals surface area (Å²) >= 11 is 1.72. The van der Waals surface area contributed by atoms with Gasteiger partial charge >= 0.3 is 0 Å². The number of benzene rings is 1. The monoisotopic (exact) mass is 285 g/mol. The Balaban J connectivity index is 1.94. The molecule has 104 valence electrons. The van der Waals surface area contributed by atoms with Crippen molar-refractivity contribution in [3.8, 4) is 0 Å². The van der Waals surface area contributed by atoms with Crippen LogP contribution in [0.4, 0.5) is 5.82 Å². The first-order chi connectivity index (χ1) is 9.67. The average molecular weight is 285 g/mol. The summed E-state index contributed by atoms with van der Waals surface area (Å²) in [5.74, 6) is 2.52. The zero-order chi connectivity index (χ0) is 14.1. The van der Waals surface area contributed by atoms with E-state index in [1.807, 2.05) is 7.05 Å². The maximum atomic E-state index is 4.77. The summed E-state index contributed by atoms with van der Waals surface area (Å²) in [6.07, 6.45) is 2.45. The molecular weight excluding hydrogens is 266 g/mol. The number of rotatable bonds is 4. The molecule has 1 fully saturated rings. The van der Waals surface area contributed by atoms with Crippen LogP contribution in [0.3, 0.4) is 0 Å². The normalized spacial score (nSPS) is 14.3. The maximum absolute atomic E-state index is 4.77. The third-order valence-electron chi connectivity index (χ3n) is 3.53. The van der Waals surface area contributed by atoms with Gasteiger partial charge in [0.15, 0.2) is 0 Å². The molecule has 0 unspecified atom stereocenters. The molecule has 3 rings (SSSR count). The van der Waals surface area contributed by atoms with E-state index in [0.717, 1.165) is 22.2 Å². The van der Waals surface area contributed by atoms with Gasteiger partial charge in [0.05, 0.1) is 0 Å². The molecule has 1 aliphatic carbocycles. The van der Waals surface area contributed by atoms with Crippen LogP contribution in [0.2, 0.25) is 0 Å². The van der Waals surface area contributed by atoms with Crippen molar-refractivity contribution in [2.24, 2.45) is 0 Å². The highest BCUT2D eigenvalue weighted by Gasteiger charge is 2.28. The molecule has 1 heterocycles. The molecule has 0 aliphatic heterocycles. The first kappa shape index (κ1) is 13.4. The third-order valence-corrected chi connectivity index (χ3v) is 4.63. The van der Waals surface area contributed by atoms with Crippen molar-refractivity contribution in [1.29, 1.82) is 0 Å². The molecule has 0 saturated heterocycles. The number of anilines is 1. The SMILES string of the molecule is CNc1nc(C2CC2)nc(Sc2ccc(C)cc2)c1C. The molecule has 0 amide bonds. The lowest BCUT2D eigenvalue weighted by Crippen LogP contribution is -2.04. The molecule has 4 heteroatoms. The molecule has 0 radical (unpaired) electrons. The topological polar surface area (TPSA) is 37.8 Å². The Labute approximate surface area is 124 Å². The largest absolute Gasteiger partial charge is 0.373 e. The van der Waals surface area contributed by atoms with Crippen LogP contribution in [0.1, 0.15) is 35.7 Å². The predicted molar refractivity (Wildman–Crippen MR) is 83.6 cm³/mol. The zero-order valence-electron chi connectivity index (χ0n) is 12.1. The van der Waals surface area contributed by atoms with Gasteiger partial charge in [0.2, 0.25) is 0 Å². The molecule has 20 heavy (non-hydrogen) atoms. The van der Waals surface area contributed by atoms with Crippen molar-refractivity contribution in [1.82, 2.24) is 9.97 Å². The number of hydrogen-bond acceptors (Lipinski definition) is 4. The lowest BCUT2D eigenvalue weighted by atomic mass is 10.2. The van der Waals surface area contributed by atoms with E-state index in [1.54, 1.807) is 11.8 Å². The predicted octanol–water partition coefficient (Wildman–Crippen LogP) is 4.16. The van der Waals surface area contributed by atoms with Gasteiger partial charge in [0.1, 0.15) is 16.7 Å². The Morgan fingerprint density at radius 1 is 1.10 bits per heavy atom. The third kappa shape index (κ3) is 2.80. The summed E-state index contributed by atoms with van der Waals surface area (Å²) in [5, 5.41) is 4.25. The molecule has 1 N–H and O–H groups in total. The van der Waals surface area contributed by atoms with Gasteiger partial charge in [-0.15, -0.1) is 0 Å². The average Bonchev–Trinajstić information content (AvgIpc) is 3.28. The van der Waals surface area contributed by atoms with E-state index in [-0.39, 0.29) is 0 Å². The fourth-order valence-electron chi connectivity index (χ4n) is 2.10. The lowest BCUT2D eigenvalue weighted by molar-refractivity contribution is 0.865. The van der Waals surface area contributed by atoms with E-state index in [0.29, 0.717) is 5.92 Å². The highest BCUT2D eigenvalue weighted by atomic mass is 32.2. The van der Waals surface area contributed by atoms with E-state index >= 15 is 0 Å². The minimum atomic E-state index is 0.570. The second-order valence-electron chi connectivity index (χ2n) is 5.30. The molecule has 0 atom stereocenters. The fraction of sp³-hybridized carbons (Fsp3) is 0.375. The zero-order valence-corrected chi connectivity index (χ0v) is 12.9. The molecule has 2 aromatic rings. The van der Waals surface area contributed by atoms with Gasteiger partial charge in [-0.25, -0.2) is 9.97 Å². The van der Waals surface area contributed by atoms with Crippen molar-refractivity contribution < 1.29 is 0 Å². The molecule has 1 aromatic heterocycles. The molecular formula is C16H19N3S. The highest BCUT2D eigenvalue weighted by Crippen LogP contribution is 2.40. The molecule has 0 spiro atoms. The summed E-state index contributed by atoms with van der Waals surface area (Å²) in [4.78, 5) is 10.6.